The lowest BCUT2D eigenvalue weighted by Crippen LogP contribution is -2.41. The lowest BCUT2D eigenvalue weighted by Gasteiger charge is -2.28. The zero-order valence-corrected chi connectivity index (χ0v) is 16.8. The summed E-state index contributed by atoms with van der Waals surface area (Å²) in [6.45, 7) is 0.262. The molecule has 0 spiro atoms. The van der Waals surface area contributed by atoms with Crippen LogP contribution in [0.3, 0.4) is 0 Å². The highest BCUT2D eigenvalue weighted by Crippen LogP contribution is 2.29. The van der Waals surface area contributed by atoms with Crippen molar-refractivity contribution in [1.82, 2.24) is 10.0 Å². The molecule has 1 amide bonds. The van der Waals surface area contributed by atoms with Gasteiger partial charge >= 0.3 is 0 Å². The lowest BCUT2D eigenvalue weighted by atomic mass is 9.81. The number of nitrogens with one attached hydrogen (secondary N) is 2. The minimum Gasteiger partial charge on any atom is -0.349 e. The first-order valence-corrected chi connectivity index (χ1v) is 12.3. The average molecular weight is 431 g/mol. The smallest absolute Gasteiger partial charge is 0.240 e. The van der Waals surface area contributed by atoms with Crippen LogP contribution in [0.5, 0.6) is 0 Å². The van der Waals surface area contributed by atoms with Crippen molar-refractivity contribution in [2.45, 2.75) is 36.6 Å². The molecule has 0 unspecified atom stereocenters. The maximum Gasteiger partial charge on any atom is 0.240 e. The second-order valence-electron chi connectivity index (χ2n) is 7.30. The Morgan fingerprint density at radius 3 is 2.32 bits per heavy atom. The Morgan fingerprint density at radius 2 is 1.75 bits per heavy atom. The quantitative estimate of drug-likeness (QED) is 0.708. The molecule has 0 saturated heterocycles. The first kappa shape index (κ1) is 20.9. The fourth-order valence-corrected chi connectivity index (χ4v) is 5.87. The number of rotatable bonds is 6. The molecule has 1 aromatic rings. The molecule has 2 N–H and O–H groups in total. The third kappa shape index (κ3) is 5.39. The molecular weight excluding hydrogens is 407 g/mol. The lowest BCUT2D eigenvalue weighted by molar-refractivity contribution is -0.126. The Hall–Kier alpha value is -1.78. The van der Waals surface area contributed by atoms with Gasteiger partial charge < -0.3 is 5.32 Å². The van der Waals surface area contributed by atoms with Crippen molar-refractivity contribution < 1.29 is 26.0 Å². The highest BCUT2D eigenvalue weighted by Gasteiger charge is 2.30. The van der Waals surface area contributed by atoms with Crippen LogP contribution in [0.25, 0.3) is 0 Å². The van der Waals surface area contributed by atoms with Gasteiger partial charge in [0.2, 0.25) is 15.9 Å². The maximum atomic E-state index is 12.9. The van der Waals surface area contributed by atoms with E-state index in [1.165, 1.54) is 18.2 Å². The molecule has 1 fully saturated rings. The summed E-state index contributed by atoms with van der Waals surface area (Å²) < 4.78 is 62.8. The van der Waals surface area contributed by atoms with E-state index in [-0.39, 0.29) is 34.9 Å². The van der Waals surface area contributed by atoms with Crippen LogP contribution in [0.1, 0.15) is 25.7 Å². The summed E-state index contributed by atoms with van der Waals surface area (Å²) in [5.74, 6) is -0.829. The van der Waals surface area contributed by atoms with Gasteiger partial charge in [-0.25, -0.2) is 25.9 Å². The monoisotopic (exact) mass is 430 g/mol. The van der Waals surface area contributed by atoms with Gasteiger partial charge in [0, 0.05) is 17.9 Å². The van der Waals surface area contributed by atoms with Gasteiger partial charge in [0.25, 0.3) is 0 Å². The number of sulfonamides is 1. The van der Waals surface area contributed by atoms with E-state index in [9.17, 15) is 26.0 Å². The fraction of sp³-hybridized carbons (Fsp3) is 0.500. The molecule has 1 aliphatic heterocycles. The summed E-state index contributed by atoms with van der Waals surface area (Å²) in [6, 6.07) is 4.16. The second-order valence-corrected chi connectivity index (χ2v) is 11.0. The van der Waals surface area contributed by atoms with Crippen molar-refractivity contribution >= 4 is 25.8 Å². The van der Waals surface area contributed by atoms with Gasteiger partial charge in [-0.1, -0.05) is 0 Å². The third-order valence-corrected chi connectivity index (χ3v) is 8.00. The maximum absolute atomic E-state index is 12.9. The number of carbonyl (C=O) groups is 1. The predicted molar refractivity (Wildman–Crippen MR) is 102 cm³/mol. The van der Waals surface area contributed by atoms with E-state index < -0.39 is 31.7 Å². The molecule has 0 bridgehead atoms. The van der Waals surface area contributed by atoms with Crippen LogP contribution >= 0.6 is 0 Å². The molecule has 0 radical (unpaired) electrons. The van der Waals surface area contributed by atoms with Crippen molar-refractivity contribution in [2.24, 2.45) is 11.8 Å². The molecule has 10 heteroatoms. The minimum atomic E-state index is -3.69. The van der Waals surface area contributed by atoms with Crippen LogP contribution in [-0.2, 0) is 24.7 Å². The fourth-order valence-electron chi connectivity index (χ4n) is 3.52. The first-order chi connectivity index (χ1) is 13.1. The second kappa shape index (κ2) is 8.30. The minimum absolute atomic E-state index is 0.0153. The summed E-state index contributed by atoms with van der Waals surface area (Å²) in [5.41, 5.74) is 0. The molecule has 7 nitrogen and oxygen atoms in total. The van der Waals surface area contributed by atoms with E-state index in [4.69, 9.17) is 0 Å². The van der Waals surface area contributed by atoms with Crippen LogP contribution in [0, 0.1) is 17.7 Å². The highest BCUT2D eigenvalue weighted by molar-refractivity contribution is 7.94. The number of amides is 1. The number of sulfone groups is 1. The molecule has 1 aromatic carbocycles. The van der Waals surface area contributed by atoms with E-state index in [1.54, 1.807) is 0 Å². The third-order valence-electron chi connectivity index (χ3n) is 5.16. The molecule has 3 rings (SSSR count). The molecule has 2 aliphatic rings. The van der Waals surface area contributed by atoms with Crippen LogP contribution in [0.2, 0.25) is 0 Å². The van der Waals surface area contributed by atoms with Gasteiger partial charge in [-0.3, -0.25) is 4.79 Å². The molecule has 1 heterocycles. The molecule has 0 aromatic heterocycles. The zero-order valence-electron chi connectivity index (χ0n) is 15.2. The Kier molecular flexibility index (Phi) is 6.21. The van der Waals surface area contributed by atoms with E-state index in [1.807, 2.05) is 0 Å². The van der Waals surface area contributed by atoms with Crippen molar-refractivity contribution in [1.29, 1.82) is 0 Å². The molecule has 1 atom stereocenters. The largest absolute Gasteiger partial charge is 0.349 e. The Morgan fingerprint density at radius 1 is 1.11 bits per heavy atom. The van der Waals surface area contributed by atoms with Crippen LogP contribution in [0.4, 0.5) is 4.39 Å². The summed E-state index contributed by atoms with van der Waals surface area (Å²) in [7, 11) is -6.90. The Balaban J connectivity index is 1.44. The van der Waals surface area contributed by atoms with Gasteiger partial charge in [-0.05, 0) is 61.9 Å². The number of hydrogen-bond donors (Lipinski definition) is 2. The van der Waals surface area contributed by atoms with Gasteiger partial charge in [0.1, 0.15) is 5.82 Å². The molecule has 154 valence electrons. The summed E-state index contributed by atoms with van der Waals surface area (Å²) in [4.78, 5) is 12.3. The van der Waals surface area contributed by atoms with Crippen LogP contribution < -0.4 is 10.0 Å². The summed E-state index contributed by atoms with van der Waals surface area (Å²) >= 11 is 0. The van der Waals surface area contributed by atoms with E-state index in [2.05, 4.69) is 10.0 Å². The zero-order chi connectivity index (χ0) is 20.4. The summed E-state index contributed by atoms with van der Waals surface area (Å²) in [5, 5.41) is 3.88. The predicted octanol–water partition coefficient (Wildman–Crippen LogP) is 1.34. The van der Waals surface area contributed by atoms with Gasteiger partial charge in [-0.2, -0.15) is 0 Å². The molecule has 1 saturated carbocycles. The standard InChI is InChI=1S/C18H23FN2O5S2/c19-15-5-7-17(8-6-15)28(25,26)20-11-13-1-3-14(4-2-13)18(22)21-16-9-10-27(23,24)12-16/h5-10,13-14,16,20H,1-4,11-12H2,(H,21,22)/t13?,14?,16-/m1/s1. The Bertz CT molecular complexity index is 950. The Labute approximate surface area is 164 Å². The van der Waals surface area contributed by atoms with Crippen LogP contribution in [0.15, 0.2) is 40.6 Å². The summed E-state index contributed by atoms with van der Waals surface area (Å²) in [6.07, 6.45) is 4.13. The highest BCUT2D eigenvalue weighted by atomic mass is 32.2. The number of halogens is 1. The van der Waals surface area contributed by atoms with E-state index >= 15 is 0 Å². The first-order valence-electron chi connectivity index (χ1n) is 9.11. The van der Waals surface area contributed by atoms with Gasteiger partial charge in [0.05, 0.1) is 16.7 Å². The SMILES string of the molecule is O=C(N[C@@H]1C=CS(=O)(=O)C1)C1CCC(CNS(=O)(=O)c2ccc(F)cc2)CC1. The van der Waals surface area contributed by atoms with Crippen molar-refractivity contribution in [3.8, 4) is 0 Å². The number of hydrogen-bond acceptors (Lipinski definition) is 5. The van der Waals surface area contributed by atoms with E-state index in [0.717, 1.165) is 17.5 Å². The van der Waals surface area contributed by atoms with Crippen LogP contribution in [-0.4, -0.2) is 41.1 Å². The molecule has 28 heavy (non-hydrogen) atoms. The van der Waals surface area contributed by atoms with Gasteiger partial charge in [0.15, 0.2) is 9.84 Å². The van der Waals surface area contributed by atoms with Crippen molar-refractivity contribution in [3.05, 3.63) is 41.6 Å². The molecule has 1 aliphatic carbocycles. The normalized spacial score (nSPS) is 26.8. The number of carbonyl (C=O) groups excluding carboxylic acids is 1. The van der Waals surface area contributed by atoms with E-state index in [0.29, 0.717) is 25.7 Å². The average Bonchev–Trinajstić information content (AvgIpc) is 2.99. The van der Waals surface area contributed by atoms with Crippen molar-refractivity contribution in [2.75, 3.05) is 12.3 Å². The topological polar surface area (TPSA) is 109 Å². The molecular formula is C18H23FN2O5S2. The number of benzene rings is 1. The van der Waals surface area contributed by atoms with Crippen molar-refractivity contribution in [3.63, 3.8) is 0 Å². The van der Waals surface area contributed by atoms with Gasteiger partial charge in [-0.15, -0.1) is 0 Å².